The molecule has 0 N–H and O–H groups in total. The van der Waals surface area contributed by atoms with Crippen LogP contribution in [0.5, 0.6) is 0 Å². The Hall–Kier alpha value is -2.77. The van der Waals surface area contributed by atoms with E-state index in [1.165, 1.54) is 0 Å². The standard InChI is InChI=1S/C19H27N7O/c1-3-8-25(9-4-2)18(27)16-14-23-17(15-22-16)24-10-12-26(13-11-24)19-20-6-5-7-21-19/h5-7,14-15H,3-4,8-13H2,1-2H3. The van der Waals surface area contributed by atoms with E-state index >= 15 is 0 Å². The van der Waals surface area contributed by atoms with Crippen LogP contribution in [0.15, 0.2) is 30.9 Å². The van der Waals surface area contributed by atoms with Crippen molar-refractivity contribution in [3.8, 4) is 0 Å². The van der Waals surface area contributed by atoms with Crippen molar-refractivity contribution in [1.29, 1.82) is 0 Å². The highest BCUT2D eigenvalue weighted by Crippen LogP contribution is 2.15. The number of carbonyl (C=O) groups is 1. The second-order valence-electron chi connectivity index (χ2n) is 6.57. The zero-order chi connectivity index (χ0) is 19.1. The van der Waals surface area contributed by atoms with Crippen molar-refractivity contribution >= 4 is 17.7 Å². The Labute approximate surface area is 160 Å². The fourth-order valence-electron chi connectivity index (χ4n) is 3.20. The molecule has 3 rings (SSSR count). The van der Waals surface area contributed by atoms with Gasteiger partial charge >= 0.3 is 0 Å². The maximum Gasteiger partial charge on any atom is 0.274 e. The lowest BCUT2D eigenvalue weighted by atomic mass is 10.3. The Balaban J connectivity index is 1.60. The van der Waals surface area contributed by atoms with E-state index in [1.54, 1.807) is 24.8 Å². The lowest BCUT2D eigenvalue weighted by Crippen LogP contribution is -2.47. The lowest BCUT2D eigenvalue weighted by Gasteiger charge is -2.35. The molecule has 1 fully saturated rings. The van der Waals surface area contributed by atoms with E-state index in [9.17, 15) is 4.79 Å². The van der Waals surface area contributed by atoms with Crippen LogP contribution in [0.3, 0.4) is 0 Å². The van der Waals surface area contributed by atoms with Crippen LogP contribution in [0.1, 0.15) is 37.2 Å². The average Bonchev–Trinajstić information content (AvgIpc) is 2.74. The number of hydrogen-bond acceptors (Lipinski definition) is 7. The van der Waals surface area contributed by atoms with E-state index in [1.807, 2.05) is 11.0 Å². The number of carbonyl (C=O) groups excluding carboxylic acids is 1. The molecule has 8 heteroatoms. The van der Waals surface area contributed by atoms with Gasteiger partial charge in [-0.1, -0.05) is 13.8 Å². The summed E-state index contributed by atoms with van der Waals surface area (Å²) in [6.07, 6.45) is 8.70. The summed E-state index contributed by atoms with van der Waals surface area (Å²) >= 11 is 0. The highest BCUT2D eigenvalue weighted by atomic mass is 16.2. The molecule has 2 aromatic heterocycles. The Morgan fingerprint density at radius 3 is 2.11 bits per heavy atom. The van der Waals surface area contributed by atoms with Gasteiger partial charge in [0.2, 0.25) is 5.95 Å². The number of amides is 1. The molecule has 0 aliphatic carbocycles. The average molecular weight is 369 g/mol. The SMILES string of the molecule is CCCN(CCC)C(=O)c1cnc(N2CCN(c3ncccn3)CC2)cn1. The van der Waals surface area contributed by atoms with E-state index in [0.717, 1.165) is 63.9 Å². The zero-order valence-electron chi connectivity index (χ0n) is 16.1. The first-order valence-electron chi connectivity index (χ1n) is 9.61. The van der Waals surface area contributed by atoms with Gasteiger partial charge in [0.25, 0.3) is 5.91 Å². The Bertz CT molecular complexity index is 709. The van der Waals surface area contributed by atoms with Crippen molar-refractivity contribution in [2.45, 2.75) is 26.7 Å². The molecule has 27 heavy (non-hydrogen) atoms. The molecule has 1 amide bonds. The van der Waals surface area contributed by atoms with Crippen LogP contribution >= 0.6 is 0 Å². The third-order valence-electron chi connectivity index (χ3n) is 4.57. The first kappa shape index (κ1) is 19.0. The molecule has 0 spiro atoms. The lowest BCUT2D eigenvalue weighted by molar-refractivity contribution is 0.0749. The van der Waals surface area contributed by atoms with Crippen LogP contribution in [-0.2, 0) is 0 Å². The Kier molecular flexibility index (Phi) is 6.51. The molecule has 1 saturated heterocycles. The minimum absolute atomic E-state index is 0.0382. The predicted octanol–water partition coefficient (Wildman–Crippen LogP) is 1.86. The van der Waals surface area contributed by atoms with Gasteiger partial charge in [0.05, 0.1) is 12.4 Å². The number of aromatic nitrogens is 4. The third-order valence-corrected chi connectivity index (χ3v) is 4.57. The summed E-state index contributed by atoms with van der Waals surface area (Å²) in [5.74, 6) is 1.53. The zero-order valence-corrected chi connectivity index (χ0v) is 16.1. The van der Waals surface area contributed by atoms with E-state index < -0.39 is 0 Å². The van der Waals surface area contributed by atoms with Gasteiger partial charge in [-0.3, -0.25) is 4.79 Å². The van der Waals surface area contributed by atoms with Crippen molar-refractivity contribution in [2.24, 2.45) is 0 Å². The molecule has 144 valence electrons. The topological polar surface area (TPSA) is 78.4 Å². The summed E-state index contributed by atoms with van der Waals surface area (Å²) < 4.78 is 0. The molecule has 1 aliphatic heterocycles. The minimum Gasteiger partial charge on any atom is -0.352 e. The number of piperazine rings is 1. The number of hydrogen-bond donors (Lipinski definition) is 0. The minimum atomic E-state index is -0.0382. The molecule has 0 aromatic carbocycles. The van der Waals surface area contributed by atoms with Crippen LogP contribution < -0.4 is 9.80 Å². The first-order valence-corrected chi connectivity index (χ1v) is 9.61. The molecule has 0 unspecified atom stereocenters. The van der Waals surface area contributed by atoms with Gasteiger partial charge in [-0.15, -0.1) is 0 Å². The van der Waals surface area contributed by atoms with E-state index in [2.05, 4.69) is 43.6 Å². The van der Waals surface area contributed by atoms with Gasteiger partial charge in [0, 0.05) is 51.7 Å². The van der Waals surface area contributed by atoms with Gasteiger partial charge in [0.15, 0.2) is 0 Å². The van der Waals surface area contributed by atoms with Crippen LogP contribution in [-0.4, -0.2) is 70.0 Å². The summed E-state index contributed by atoms with van der Waals surface area (Å²) in [6, 6.07) is 1.82. The van der Waals surface area contributed by atoms with E-state index in [-0.39, 0.29) is 5.91 Å². The van der Waals surface area contributed by atoms with Crippen molar-refractivity contribution in [3.05, 3.63) is 36.5 Å². The molecular weight excluding hydrogens is 342 g/mol. The highest BCUT2D eigenvalue weighted by molar-refractivity contribution is 5.92. The molecule has 0 saturated carbocycles. The van der Waals surface area contributed by atoms with E-state index in [0.29, 0.717) is 5.69 Å². The van der Waals surface area contributed by atoms with Crippen LogP contribution in [0.25, 0.3) is 0 Å². The Morgan fingerprint density at radius 2 is 1.56 bits per heavy atom. The van der Waals surface area contributed by atoms with Gasteiger partial charge < -0.3 is 14.7 Å². The van der Waals surface area contributed by atoms with Gasteiger partial charge in [-0.05, 0) is 18.9 Å². The number of anilines is 2. The molecule has 1 aliphatic rings. The predicted molar refractivity (Wildman–Crippen MR) is 105 cm³/mol. The number of rotatable bonds is 7. The monoisotopic (exact) mass is 369 g/mol. The fraction of sp³-hybridized carbons (Fsp3) is 0.526. The first-order chi connectivity index (χ1) is 13.2. The normalized spacial score (nSPS) is 14.3. The van der Waals surface area contributed by atoms with Crippen molar-refractivity contribution < 1.29 is 4.79 Å². The summed E-state index contributed by atoms with van der Waals surface area (Å²) in [7, 11) is 0. The summed E-state index contributed by atoms with van der Waals surface area (Å²) in [5.41, 5.74) is 0.414. The molecule has 0 bridgehead atoms. The van der Waals surface area contributed by atoms with Crippen molar-refractivity contribution in [3.63, 3.8) is 0 Å². The second-order valence-corrected chi connectivity index (χ2v) is 6.57. The molecule has 8 nitrogen and oxygen atoms in total. The maximum absolute atomic E-state index is 12.6. The van der Waals surface area contributed by atoms with Crippen LogP contribution in [0.4, 0.5) is 11.8 Å². The summed E-state index contributed by atoms with van der Waals surface area (Å²) in [5, 5.41) is 0. The molecule has 3 heterocycles. The van der Waals surface area contributed by atoms with Crippen LogP contribution in [0, 0.1) is 0 Å². The molecule has 0 atom stereocenters. The summed E-state index contributed by atoms with van der Waals surface area (Å²) in [6.45, 7) is 8.94. The second kappa shape index (κ2) is 9.25. The quantitative estimate of drug-likeness (QED) is 0.737. The highest BCUT2D eigenvalue weighted by Gasteiger charge is 2.21. The molecule has 0 radical (unpaired) electrons. The van der Waals surface area contributed by atoms with E-state index in [4.69, 9.17) is 0 Å². The number of nitrogens with zero attached hydrogens (tertiary/aromatic N) is 7. The van der Waals surface area contributed by atoms with Crippen LogP contribution in [0.2, 0.25) is 0 Å². The van der Waals surface area contributed by atoms with Gasteiger partial charge in [-0.2, -0.15) is 0 Å². The van der Waals surface area contributed by atoms with Crippen molar-refractivity contribution in [1.82, 2.24) is 24.8 Å². The third kappa shape index (κ3) is 4.69. The van der Waals surface area contributed by atoms with Gasteiger partial charge in [0.1, 0.15) is 11.5 Å². The fourth-order valence-corrected chi connectivity index (χ4v) is 3.20. The largest absolute Gasteiger partial charge is 0.352 e. The summed E-state index contributed by atoms with van der Waals surface area (Å²) in [4.78, 5) is 36.3. The molecular formula is C19H27N7O. The molecule has 2 aromatic rings. The smallest absolute Gasteiger partial charge is 0.274 e. The maximum atomic E-state index is 12.6. The van der Waals surface area contributed by atoms with Crippen molar-refractivity contribution in [2.75, 3.05) is 49.1 Å². The van der Waals surface area contributed by atoms with Gasteiger partial charge in [-0.25, -0.2) is 19.9 Å². The Morgan fingerprint density at radius 1 is 0.926 bits per heavy atom.